The molecule has 0 fully saturated rings. The van der Waals surface area contributed by atoms with Gasteiger partial charge in [-0.05, 0) is 31.2 Å². The number of benzene rings is 2. The van der Waals surface area contributed by atoms with E-state index in [0.717, 1.165) is 5.56 Å². The normalized spacial score (nSPS) is 12.4. The van der Waals surface area contributed by atoms with Crippen LogP contribution in [0.15, 0.2) is 66.1 Å². The van der Waals surface area contributed by atoms with Crippen LogP contribution in [0.4, 0.5) is 5.69 Å². The highest BCUT2D eigenvalue weighted by Crippen LogP contribution is 2.23. The van der Waals surface area contributed by atoms with Crippen molar-refractivity contribution in [1.29, 1.82) is 0 Å². The van der Waals surface area contributed by atoms with Gasteiger partial charge in [-0.25, -0.2) is 8.42 Å². The van der Waals surface area contributed by atoms with E-state index in [1.54, 1.807) is 43.3 Å². The van der Waals surface area contributed by atoms with Gasteiger partial charge in [0, 0.05) is 11.5 Å². The molecule has 0 aliphatic rings. The first-order valence-electron chi connectivity index (χ1n) is 7.20. The van der Waals surface area contributed by atoms with Gasteiger partial charge in [0.25, 0.3) is 10.0 Å². The Morgan fingerprint density at radius 2 is 1.74 bits per heavy atom. The Hall–Kier alpha value is -2.40. The first-order valence-corrected chi connectivity index (χ1v) is 8.69. The summed E-state index contributed by atoms with van der Waals surface area (Å²) in [5.74, 6) is -0.567. The van der Waals surface area contributed by atoms with Crippen molar-refractivity contribution in [3.05, 3.63) is 72.3 Å². The molecule has 0 amide bonds. The van der Waals surface area contributed by atoms with E-state index in [1.807, 2.05) is 6.92 Å². The van der Waals surface area contributed by atoms with Gasteiger partial charge in [0.1, 0.15) is 0 Å². The molecule has 0 spiro atoms. The first kappa shape index (κ1) is 17.0. The van der Waals surface area contributed by atoms with Gasteiger partial charge in [0.05, 0.1) is 10.6 Å². The zero-order valence-electron chi connectivity index (χ0n) is 13.1. The molecule has 2 aromatic rings. The molecule has 1 unspecified atom stereocenters. The topological polar surface area (TPSA) is 63.2 Å². The van der Waals surface area contributed by atoms with Crippen LogP contribution in [0.2, 0.25) is 0 Å². The molecule has 2 rings (SSSR count). The van der Waals surface area contributed by atoms with Crippen molar-refractivity contribution >= 4 is 21.5 Å². The smallest absolute Gasteiger partial charge is 0.261 e. The van der Waals surface area contributed by atoms with E-state index in [4.69, 9.17) is 0 Å². The monoisotopic (exact) mass is 329 g/mol. The van der Waals surface area contributed by atoms with Crippen LogP contribution in [0.3, 0.4) is 0 Å². The predicted molar refractivity (Wildman–Crippen MR) is 92.1 cm³/mol. The van der Waals surface area contributed by atoms with Gasteiger partial charge >= 0.3 is 0 Å². The van der Waals surface area contributed by atoms with E-state index in [2.05, 4.69) is 11.3 Å². The fourth-order valence-corrected chi connectivity index (χ4v) is 3.14. The van der Waals surface area contributed by atoms with Crippen LogP contribution >= 0.6 is 0 Å². The molecular formula is C18H19NO3S. The van der Waals surface area contributed by atoms with Crippen LogP contribution < -0.4 is 4.72 Å². The Morgan fingerprint density at radius 1 is 1.13 bits per heavy atom. The Balaban J connectivity index is 2.38. The molecule has 4 nitrogen and oxygen atoms in total. The predicted octanol–water partition coefficient (Wildman–Crippen LogP) is 3.80. The first-order chi connectivity index (χ1) is 10.8. The third-order valence-corrected chi connectivity index (χ3v) is 4.92. The van der Waals surface area contributed by atoms with Crippen molar-refractivity contribution < 1.29 is 13.2 Å². The molecule has 0 saturated heterocycles. The Bertz CT molecular complexity index is 824. The molecule has 1 atom stereocenters. The Kier molecular flexibility index (Phi) is 5.01. The molecule has 0 saturated carbocycles. The zero-order chi connectivity index (χ0) is 17.0. The number of rotatable bonds is 6. The number of Topliss-reactive ketones (excluding diaryl/α,β-unsaturated/α-hetero) is 1. The summed E-state index contributed by atoms with van der Waals surface area (Å²) in [6.45, 7) is 7.21. The minimum atomic E-state index is -3.75. The third-order valence-electron chi connectivity index (χ3n) is 3.54. The van der Waals surface area contributed by atoms with Crippen LogP contribution in [0.1, 0.15) is 22.8 Å². The lowest BCUT2D eigenvalue weighted by molar-refractivity contribution is 0.0954. The maximum absolute atomic E-state index is 12.5. The number of sulfonamides is 1. The van der Waals surface area contributed by atoms with Gasteiger partial charge in [0.2, 0.25) is 0 Å². The van der Waals surface area contributed by atoms with Crippen molar-refractivity contribution in [2.45, 2.75) is 18.7 Å². The number of aryl methyl sites for hydroxylation is 1. The summed E-state index contributed by atoms with van der Waals surface area (Å²) in [5, 5.41) is 0. The van der Waals surface area contributed by atoms with E-state index in [9.17, 15) is 13.2 Å². The molecule has 120 valence electrons. The molecule has 23 heavy (non-hydrogen) atoms. The Morgan fingerprint density at radius 3 is 2.35 bits per heavy atom. The second-order valence-electron chi connectivity index (χ2n) is 5.35. The van der Waals surface area contributed by atoms with Crippen molar-refractivity contribution in [3.8, 4) is 0 Å². The summed E-state index contributed by atoms with van der Waals surface area (Å²) in [4.78, 5) is 12.5. The summed E-state index contributed by atoms with van der Waals surface area (Å²) in [7, 11) is -3.75. The van der Waals surface area contributed by atoms with Crippen LogP contribution in [0, 0.1) is 12.8 Å². The van der Waals surface area contributed by atoms with Gasteiger partial charge in [-0.2, -0.15) is 0 Å². The third kappa shape index (κ3) is 3.87. The Labute approximate surface area is 136 Å². The van der Waals surface area contributed by atoms with E-state index in [1.165, 1.54) is 18.2 Å². The highest BCUT2D eigenvalue weighted by atomic mass is 32.2. The number of nitrogens with one attached hydrogen (secondary N) is 1. The fourth-order valence-electron chi connectivity index (χ4n) is 2.06. The number of hydrogen-bond donors (Lipinski definition) is 1. The summed E-state index contributed by atoms with van der Waals surface area (Å²) in [6.07, 6.45) is 1.54. The summed E-state index contributed by atoms with van der Waals surface area (Å²) < 4.78 is 27.5. The number of para-hydroxylation sites is 1. The number of carbonyl (C=O) groups is 1. The molecule has 0 aliphatic carbocycles. The van der Waals surface area contributed by atoms with Gasteiger partial charge in [0.15, 0.2) is 5.78 Å². The number of hydrogen-bond acceptors (Lipinski definition) is 3. The van der Waals surface area contributed by atoms with Crippen molar-refractivity contribution in [3.63, 3.8) is 0 Å². The summed E-state index contributed by atoms with van der Waals surface area (Å²) in [5.41, 5.74) is 1.57. The fraction of sp³-hybridized carbons (Fsp3) is 0.167. The van der Waals surface area contributed by atoms with E-state index < -0.39 is 10.0 Å². The molecule has 0 aromatic heterocycles. The van der Waals surface area contributed by atoms with Gasteiger partial charge < -0.3 is 0 Å². The summed E-state index contributed by atoms with van der Waals surface area (Å²) in [6, 6.07) is 13.1. The maximum atomic E-state index is 12.5. The number of ketones is 1. The van der Waals surface area contributed by atoms with Crippen LogP contribution in [0.5, 0.6) is 0 Å². The average Bonchev–Trinajstić information content (AvgIpc) is 2.54. The second-order valence-corrected chi connectivity index (χ2v) is 7.04. The molecule has 5 heteroatoms. The lowest BCUT2D eigenvalue weighted by Gasteiger charge is -2.13. The van der Waals surface area contributed by atoms with Gasteiger partial charge in [-0.3, -0.25) is 9.52 Å². The van der Waals surface area contributed by atoms with E-state index in [0.29, 0.717) is 5.56 Å². The molecule has 2 aromatic carbocycles. The number of allylic oxidation sites excluding steroid dienone is 1. The highest BCUT2D eigenvalue weighted by molar-refractivity contribution is 7.92. The van der Waals surface area contributed by atoms with Gasteiger partial charge in [-0.15, -0.1) is 6.58 Å². The van der Waals surface area contributed by atoms with Crippen molar-refractivity contribution in [2.24, 2.45) is 5.92 Å². The second kappa shape index (κ2) is 6.79. The van der Waals surface area contributed by atoms with Crippen LogP contribution in [-0.2, 0) is 10.0 Å². The van der Waals surface area contributed by atoms with Crippen molar-refractivity contribution in [1.82, 2.24) is 0 Å². The van der Waals surface area contributed by atoms with E-state index in [-0.39, 0.29) is 22.3 Å². The van der Waals surface area contributed by atoms with Crippen molar-refractivity contribution in [2.75, 3.05) is 4.72 Å². The van der Waals surface area contributed by atoms with E-state index >= 15 is 0 Å². The number of anilines is 1. The molecular weight excluding hydrogens is 310 g/mol. The largest absolute Gasteiger partial charge is 0.293 e. The zero-order valence-corrected chi connectivity index (χ0v) is 13.9. The lowest BCUT2D eigenvalue weighted by atomic mass is 9.98. The number of carbonyl (C=O) groups excluding carboxylic acids is 1. The minimum absolute atomic E-state index is 0.155. The minimum Gasteiger partial charge on any atom is -0.293 e. The summed E-state index contributed by atoms with van der Waals surface area (Å²) >= 11 is 0. The molecule has 0 bridgehead atoms. The average molecular weight is 329 g/mol. The molecule has 0 heterocycles. The van der Waals surface area contributed by atoms with Gasteiger partial charge in [-0.1, -0.05) is 42.8 Å². The molecule has 0 radical (unpaired) electrons. The lowest BCUT2D eigenvalue weighted by Crippen LogP contribution is -2.17. The quantitative estimate of drug-likeness (QED) is 0.647. The SMILES string of the molecule is C=CC(C)C(=O)c1ccccc1NS(=O)(=O)c1ccc(C)cc1. The maximum Gasteiger partial charge on any atom is 0.261 e. The molecule has 1 N–H and O–H groups in total. The van der Waals surface area contributed by atoms with Crippen LogP contribution in [0.25, 0.3) is 0 Å². The standard InChI is InChI=1S/C18H19NO3S/c1-4-14(3)18(20)16-7-5-6-8-17(16)19-23(21,22)15-11-9-13(2)10-12-15/h4-12,14,19H,1H2,2-3H3. The highest BCUT2D eigenvalue weighted by Gasteiger charge is 2.20. The molecule has 0 aliphatic heterocycles. The van der Waals surface area contributed by atoms with Crippen LogP contribution in [-0.4, -0.2) is 14.2 Å².